The maximum Gasteiger partial charge on any atom is 0.336 e. The number of benzene rings is 3. The van der Waals surface area contributed by atoms with E-state index >= 15 is 0 Å². The van der Waals surface area contributed by atoms with E-state index in [1.165, 1.54) is 4.57 Å². The fourth-order valence-corrected chi connectivity index (χ4v) is 3.71. The Morgan fingerprint density at radius 1 is 0.967 bits per heavy atom. The fraction of sp³-hybridized carbons (Fsp3) is 0.0870. The van der Waals surface area contributed by atoms with Crippen LogP contribution in [0.3, 0.4) is 0 Å². The maximum absolute atomic E-state index is 13.3. The number of fused-ring (bicyclic) bond motifs is 1. The Hall–Kier alpha value is -3.45. The molecule has 0 bridgehead atoms. The van der Waals surface area contributed by atoms with Crippen LogP contribution in [0.4, 0.5) is 5.69 Å². The minimum atomic E-state index is -0.569. The highest BCUT2D eigenvalue weighted by Crippen LogP contribution is 2.18. The molecule has 1 heterocycles. The van der Waals surface area contributed by atoms with Crippen LogP contribution in [0.2, 0.25) is 0 Å². The van der Waals surface area contributed by atoms with Gasteiger partial charge in [-0.1, -0.05) is 52.3 Å². The number of anilines is 1. The summed E-state index contributed by atoms with van der Waals surface area (Å²) in [5, 5.41) is 3.18. The molecule has 1 amide bonds. The number of carbonyl (C=O) groups is 1. The first-order valence-corrected chi connectivity index (χ1v) is 10.1. The van der Waals surface area contributed by atoms with Crippen molar-refractivity contribution in [1.29, 1.82) is 0 Å². The highest BCUT2D eigenvalue weighted by molar-refractivity contribution is 9.10. The fourth-order valence-electron chi connectivity index (χ4n) is 3.35. The number of carbonyl (C=O) groups excluding carboxylic acids is 1. The SMILES string of the molecule is Cc1ccccc1NC(=O)Cn1c(=O)n(-c2ccccc2)c(=O)c2cc(Br)ccc21. The standard InChI is InChI=1S/C23H18BrN3O3/c1-15-7-5-6-10-19(15)25-21(28)14-26-20-12-11-16(24)13-18(20)22(29)27(23(26)30)17-8-3-2-4-9-17/h2-13H,14H2,1H3,(H,25,28). The second-order valence-corrected chi connectivity index (χ2v) is 7.79. The number of amides is 1. The number of nitrogens with one attached hydrogen (secondary N) is 1. The van der Waals surface area contributed by atoms with Crippen LogP contribution >= 0.6 is 15.9 Å². The zero-order valence-corrected chi connectivity index (χ0v) is 17.7. The van der Waals surface area contributed by atoms with Crippen LogP contribution in [0.25, 0.3) is 16.6 Å². The molecule has 1 N–H and O–H groups in total. The summed E-state index contributed by atoms with van der Waals surface area (Å²) in [6, 6.07) is 21.2. The number of rotatable bonds is 4. The second kappa shape index (κ2) is 8.12. The molecule has 3 aromatic carbocycles. The first kappa shape index (κ1) is 19.8. The van der Waals surface area contributed by atoms with Gasteiger partial charge in [-0.3, -0.25) is 14.2 Å². The maximum atomic E-state index is 13.3. The van der Waals surface area contributed by atoms with Crippen LogP contribution < -0.4 is 16.6 Å². The average Bonchev–Trinajstić information content (AvgIpc) is 2.74. The molecule has 7 heteroatoms. The normalized spacial score (nSPS) is 10.9. The number of aromatic nitrogens is 2. The molecule has 0 fully saturated rings. The smallest absolute Gasteiger partial charge is 0.324 e. The lowest BCUT2D eigenvalue weighted by Gasteiger charge is -2.15. The van der Waals surface area contributed by atoms with Crippen molar-refractivity contribution in [3.05, 3.63) is 104 Å². The van der Waals surface area contributed by atoms with Gasteiger partial charge in [-0.2, -0.15) is 0 Å². The molecule has 0 spiro atoms. The first-order valence-electron chi connectivity index (χ1n) is 9.32. The van der Waals surface area contributed by atoms with Gasteiger partial charge in [0.15, 0.2) is 0 Å². The summed E-state index contributed by atoms with van der Waals surface area (Å²) in [6.07, 6.45) is 0. The Balaban J connectivity index is 1.87. The minimum absolute atomic E-state index is 0.224. The molecule has 1 aromatic heterocycles. The molecule has 30 heavy (non-hydrogen) atoms. The van der Waals surface area contributed by atoms with E-state index in [1.54, 1.807) is 54.6 Å². The molecule has 0 aliphatic carbocycles. The van der Waals surface area contributed by atoms with Crippen molar-refractivity contribution in [1.82, 2.24) is 9.13 Å². The van der Waals surface area contributed by atoms with Gasteiger partial charge in [0.05, 0.1) is 16.6 Å². The van der Waals surface area contributed by atoms with Gasteiger partial charge in [-0.25, -0.2) is 9.36 Å². The van der Waals surface area contributed by atoms with E-state index < -0.39 is 11.2 Å². The lowest BCUT2D eigenvalue weighted by Crippen LogP contribution is -2.40. The van der Waals surface area contributed by atoms with E-state index in [2.05, 4.69) is 21.2 Å². The van der Waals surface area contributed by atoms with Crippen molar-refractivity contribution in [3.63, 3.8) is 0 Å². The Morgan fingerprint density at radius 3 is 2.40 bits per heavy atom. The molecule has 0 aliphatic heterocycles. The van der Waals surface area contributed by atoms with Crippen LogP contribution in [-0.2, 0) is 11.3 Å². The van der Waals surface area contributed by atoms with Gasteiger partial charge in [-0.15, -0.1) is 0 Å². The predicted octanol–water partition coefficient (Wildman–Crippen LogP) is 3.86. The highest BCUT2D eigenvalue weighted by atomic mass is 79.9. The minimum Gasteiger partial charge on any atom is -0.324 e. The molecule has 4 rings (SSSR count). The van der Waals surface area contributed by atoms with Gasteiger partial charge >= 0.3 is 5.69 Å². The largest absolute Gasteiger partial charge is 0.336 e. The molecule has 4 aromatic rings. The van der Waals surface area contributed by atoms with E-state index in [4.69, 9.17) is 0 Å². The highest BCUT2D eigenvalue weighted by Gasteiger charge is 2.17. The number of para-hydroxylation sites is 2. The van der Waals surface area contributed by atoms with Crippen molar-refractivity contribution >= 4 is 38.4 Å². The molecular formula is C23H18BrN3O3. The number of nitrogens with zero attached hydrogens (tertiary/aromatic N) is 2. The summed E-state index contributed by atoms with van der Waals surface area (Å²) >= 11 is 3.38. The van der Waals surface area contributed by atoms with Crippen molar-refractivity contribution in [2.45, 2.75) is 13.5 Å². The lowest BCUT2D eigenvalue weighted by molar-refractivity contribution is -0.116. The summed E-state index contributed by atoms with van der Waals surface area (Å²) in [5.74, 6) is -0.353. The monoisotopic (exact) mass is 463 g/mol. The zero-order chi connectivity index (χ0) is 21.3. The van der Waals surface area contributed by atoms with E-state index in [1.807, 2.05) is 25.1 Å². The van der Waals surface area contributed by atoms with Gasteiger partial charge in [-0.05, 0) is 48.9 Å². The molecule has 6 nitrogen and oxygen atoms in total. The Kier molecular flexibility index (Phi) is 5.37. The van der Waals surface area contributed by atoms with Gasteiger partial charge in [0.25, 0.3) is 5.56 Å². The lowest BCUT2D eigenvalue weighted by atomic mass is 10.2. The van der Waals surface area contributed by atoms with Crippen molar-refractivity contribution in [2.75, 3.05) is 5.32 Å². The predicted molar refractivity (Wildman–Crippen MR) is 121 cm³/mol. The summed E-state index contributed by atoms with van der Waals surface area (Å²) in [6.45, 7) is 1.67. The number of hydrogen-bond acceptors (Lipinski definition) is 3. The summed E-state index contributed by atoms with van der Waals surface area (Å²) in [5.41, 5.74) is 1.45. The number of hydrogen-bond donors (Lipinski definition) is 1. The number of aryl methyl sites for hydroxylation is 1. The Bertz CT molecular complexity index is 1370. The van der Waals surface area contributed by atoms with Gasteiger partial charge < -0.3 is 5.32 Å². The molecular weight excluding hydrogens is 446 g/mol. The van der Waals surface area contributed by atoms with Crippen LogP contribution in [0.5, 0.6) is 0 Å². The topological polar surface area (TPSA) is 73.1 Å². The van der Waals surface area contributed by atoms with E-state index in [0.29, 0.717) is 26.8 Å². The molecule has 0 saturated heterocycles. The van der Waals surface area contributed by atoms with Crippen LogP contribution in [0, 0.1) is 6.92 Å². The third kappa shape index (κ3) is 3.71. The van der Waals surface area contributed by atoms with Crippen molar-refractivity contribution < 1.29 is 4.79 Å². The van der Waals surface area contributed by atoms with Gasteiger partial charge in [0.2, 0.25) is 5.91 Å². The van der Waals surface area contributed by atoms with Crippen LogP contribution in [-0.4, -0.2) is 15.0 Å². The molecule has 150 valence electrons. The third-order valence-corrected chi connectivity index (χ3v) is 5.33. The third-order valence-electron chi connectivity index (χ3n) is 4.84. The summed E-state index contributed by atoms with van der Waals surface area (Å²) in [4.78, 5) is 39.1. The van der Waals surface area contributed by atoms with Crippen molar-refractivity contribution in [2.24, 2.45) is 0 Å². The molecule has 0 unspecified atom stereocenters. The summed E-state index contributed by atoms with van der Waals surface area (Å²) in [7, 11) is 0. The van der Waals surface area contributed by atoms with Crippen LogP contribution in [0.1, 0.15) is 5.56 Å². The molecule has 0 atom stereocenters. The molecule has 0 saturated carbocycles. The first-order chi connectivity index (χ1) is 14.5. The van der Waals surface area contributed by atoms with E-state index in [0.717, 1.165) is 10.1 Å². The Morgan fingerprint density at radius 2 is 1.67 bits per heavy atom. The molecule has 0 aliphatic rings. The van der Waals surface area contributed by atoms with Crippen LogP contribution in [0.15, 0.2) is 86.9 Å². The van der Waals surface area contributed by atoms with Crippen molar-refractivity contribution in [3.8, 4) is 5.69 Å². The average molecular weight is 464 g/mol. The zero-order valence-electron chi connectivity index (χ0n) is 16.1. The molecule has 0 radical (unpaired) electrons. The summed E-state index contributed by atoms with van der Waals surface area (Å²) < 4.78 is 3.13. The second-order valence-electron chi connectivity index (χ2n) is 6.87. The Labute approximate surface area is 180 Å². The van der Waals surface area contributed by atoms with Gasteiger partial charge in [0.1, 0.15) is 6.54 Å². The quantitative estimate of drug-likeness (QED) is 0.499. The van der Waals surface area contributed by atoms with E-state index in [-0.39, 0.29) is 12.5 Å². The van der Waals surface area contributed by atoms with E-state index in [9.17, 15) is 14.4 Å². The number of halogens is 1. The van der Waals surface area contributed by atoms with Gasteiger partial charge in [0, 0.05) is 10.2 Å².